The molecule has 1 saturated heterocycles. The van der Waals surface area contributed by atoms with E-state index in [4.69, 9.17) is 9.47 Å². The smallest absolute Gasteiger partial charge is 0.240 e. The van der Waals surface area contributed by atoms with Gasteiger partial charge in [0.1, 0.15) is 0 Å². The Morgan fingerprint density at radius 1 is 1.50 bits per heavy atom. The van der Waals surface area contributed by atoms with Gasteiger partial charge < -0.3 is 14.8 Å². The van der Waals surface area contributed by atoms with Gasteiger partial charge in [-0.25, -0.2) is 5.43 Å². The molecule has 0 radical (unpaired) electrons. The molecule has 3 aliphatic rings. The van der Waals surface area contributed by atoms with E-state index in [-0.39, 0.29) is 29.9 Å². The molecule has 7 heteroatoms. The van der Waals surface area contributed by atoms with Crippen LogP contribution in [0.1, 0.15) is 32.1 Å². The average molecular weight is 309 g/mol. The van der Waals surface area contributed by atoms with Crippen LogP contribution < -0.4 is 10.7 Å². The lowest BCUT2D eigenvalue weighted by atomic mass is 9.67. The van der Waals surface area contributed by atoms with Crippen molar-refractivity contribution in [2.24, 2.45) is 16.9 Å². The van der Waals surface area contributed by atoms with Crippen LogP contribution in [-0.2, 0) is 19.1 Å². The highest BCUT2D eigenvalue weighted by molar-refractivity contribution is 5.94. The lowest BCUT2D eigenvalue weighted by molar-refractivity contribution is -0.129. The largest absolute Gasteiger partial charge is 0.384 e. The monoisotopic (exact) mass is 309 g/mol. The van der Waals surface area contributed by atoms with Gasteiger partial charge in [0.15, 0.2) is 0 Å². The average Bonchev–Trinajstić information content (AvgIpc) is 2.94. The Kier molecular flexibility index (Phi) is 4.73. The Labute approximate surface area is 129 Å². The Morgan fingerprint density at radius 2 is 2.36 bits per heavy atom. The van der Waals surface area contributed by atoms with Gasteiger partial charge in [-0.15, -0.1) is 0 Å². The van der Waals surface area contributed by atoms with Crippen LogP contribution in [-0.4, -0.2) is 50.0 Å². The van der Waals surface area contributed by atoms with E-state index in [1.807, 2.05) is 0 Å². The maximum atomic E-state index is 12.2. The molecule has 22 heavy (non-hydrogen) atoms. The molecule has 0 aromatic rings. The van der Waals surface area contributed by atoms with Crippen molar-refractivity contribution in [1.82, 2.24) is 10.7 Å². The van der Waals surface area contributed by atoms with E-state index in [0.29, 0.717) is 38.2 Å². The number of hydrazone groups is 1. The summed E-state index contributed by atoms with van der Waals surface area (Å²) in [4.78, 5) is 23.2. The summed E-state index contributed by atoms with van der Waals surface area (Å²) in [5.74, 6) is 0.663. The first-order valence-corrected chi connectivity index (χ1v) is 7.93. The van der Waals surface area contributed by atoms with Gasteiger partial charge in [0.05, 0.1) is 12.7 Å². The fourth-order valence-electron chi connectivity index (χ4n) is 3.64. The molecule has 7 nitrogen and oxygen atoms in total. The first kappa shape index (κ1) is 15.4. The Balaban J connectivity index is 1.46. The maximum absolute atomic E-state index is 12.2. The second-order valence-corrected chi connectivity index (χ2v) is 6.21. The first-order valence-electron chi connectivity index (χ1n) is 7.93. The standard InChI is InChI=1S/C15H23N3O4/c1-21-8-11-14(10-6-7-22-15(10)11)16-12(19)4-2-9-3-5-13(20)18-17-9/h10-11,14-15H,2-8H2,1H3,(H,16,19)(H,18,20)/t10-,11+,14-,15-/m0/s1. The number of hydrogen-bond donors (Lipinski definition) is 2. The van der Waals surface area contributed by atoms with Crippen molar-refractivity contribution in [2.45, 2.75) is 44.2 Å². The Morgan fingerprint density at radius 3 is 3.09 bits per heavy atom. The summed E-state index contributed by atoms with van der Waals surface area (Å²) in [6.07, 6.45) is 3.35. The molecule has 1 aliphatic carbocycles. The SMILES string of the molecule is COC[C@@H]1[C@@H](NC(=O)CCC2=NNC(=O)CC2)[C@@H]2CCO[C@H]12. The summed E-state index contributed by atoms with van der Waals surface area (Å²) in [6, 6.07) is 0.160. The molecular weight excluding hydrogens is 286 g/mol. The molecule has 0 aromatic heterocycles. The van der Waals surface area contributed by atoms with Crippen LogP contribution in [0.5, 0.6) is 0 Å². The fraction of sp³-hybridized carbons (Fsp3) is 0.800. The van der Waals surface area contributed by atoms with Crippen LogP contribution in [0, 0.1) is 11.8 Å². The van der Waals surface area contributed by atoms with Crippen LogP contribution in [0.25, 0.3) is 0 Å². The lowest BCUT2D eigenvalue weighted by Crippen LogP contribution is -2.62. The second-order valence-electron chi connectivity index (χ2n) is 6.21. The molecule has 2 heterocycles. The van der Waals surface area contributed by atoms with Crippen molar-refractivity contribution in [3.63, 3.8) is 0 Å². The number of carbonyl (C=O) groups is 2. The predicted molar refractivity (Wildman–Crippen MR) is 79.2 cm³/mol. The molecule has 1 saturated carbocycles. The van der Waals surface area contributed by atoms with Gasteiger partial charge in [0.2, 0.25) is 11.8 Å². The molecule has 2 fully saturated rings. The van der Waals surface area contributed by atoms with E-state index in [1.165, 1.54) is 0 Å². The Hall–Kier alpha value is -1.47. The molecule has 3 rings (SSSR count). The van der Waals surface area contributed by atoms with Gasteiger partial charge >= 0.3 is 0 Å². The van der Waals surface area contributed by atoms with E-state index >= 15 is 0 Å². The highest BCUT2D eigenvalue weighted by Gasteiger charge is 2.54. The number of carbonyl (C=O) groups excluding carboxylic acids is 2. The minimum absolute atomic E-state index is 0.0380. The molecule has 122 valence electrons. The third-order valence-electron chi connectivity index (χ3n) is 4.83. The van der Waals surface area contributed by atoms with Gasteiger partial charge in [-0.05, 0) is 19.3 Å². The zero-order valence-corrected chi connectivity index (χ0v) is 12.8. The zero-order chi connectivity index (χ0) is 15.5. The molecule has 0 bridgehead atoms. The van der Waals surface area contributed by atoms with Gasteiger partial charge in [-0.1, -0.05) is 0 Å². The lowest BCUT2D eigenvalue weighted by Gasteiger charge is -2.47. The molecular formula is C15H23N3O4. The number of nitrogens with one attached hydrogen (secondary N) is 2. The second kappa shape index (κ2) is 6.75. The number of amides is 2. The number of fused-ring (bicyclic) bond motifs is 1. The molecule has 0 aromatic carbocycles. The van der Waals surface area contributed by atoms with Gasteiger partial charge in [-0.2, -0.15) is 5.10 Å². The Bertz CT molecular complexity index is 479. The number of hydrogen-bond acceptors (Lipinski definition) is 5. The highest BCUT2D eigenvalue weighted by atomic mass is 16.5. The minimum atomic E-state index is -0.0580. The third-order valence-corrected chi connectivity index (χ3v) is 4.83. The summed E-state index contributed by atoms with van der Waals surface area (Å²) in [6.45, 7) is 1.39. The van der Waals surface area contributed by atoms with Crippen molar-refractivity contribution >= 4 is 17.5 Å². The maximum Gasteiger partial charge on any atom is 0.240 e. The number of methoxy groups -OCH3 is 1. The van der Waals surface area contributed by atoms with Crippen molar-refractivity contribution in [2.75, 3.05) is 20.3 Å². The van der Waals surface area contributed by atoms with Gasteiger partial charge in [0, 0.05) is 50.1 Å². The van der Waals surface area contributed by atoms with Gasteiger partial charge in [-0.3, -0.25) is 9.59 Å². The third kappa shape index (κ3) is 3.15. The van der Waals surface area contributed by atoms with E-state index in [9.17, 15) is 9.59 Å². The number of nitrogens with zero attached hydrogens (tertiary/aromatic N) is 1. The normalized spacial score (nSPS) is 33.5. The molecule has 2 aliphatic heterocycles. The van der Waals surface area contributed by atoms with E-state index in [1.54, 1.807) is 7.11 Å². The van der Waals surface area contributed by atoms with Gasteiger partial charge in [0.25, 0.3) is 0 Å². The topological polar surface area (TPSA) is 89.0 Å². The highest BCUT2D eigenvalue weighted by Crippen LogP contribution is 2.43. The van der Waals surface area contributed by atoms with Crippen LogP contribution in [0.2, 0.25) is 0 Å². The van der Waals surface area contributed by atoms with Crippen molar-refractivity contribution < 1.29 is 19.1 Å². The summed E-state index contributed by atoms with van der Waals surface area (Å²) in [5.41, 5.74) is 3.35. The summed E-state index contributed by atoms with van der Waals surface area (Å²) in [7, 11) is 1.68. The van der Waals surface area contributed by atoms with Crippen molar-refractivity contribution in [3.8, 4) is 0 Å². The summed E-state index contributed by atoms with van der Waals surface area (Å²) in [5, 5.41) is 7.12. The molecule has 2 N–H and O–H groups in total. The minimum Gasteiger partial charge on any atom is -0.384 e. The molecule has 0 unspecified atom stereocenters. The molecule has 2 amide bonds. The van der Waals surface area contributed by atoms with Crippen molar-refractivity contribution in [1.29, 1.82) is 0 Å². The summed E-state index contributed by atoms with van der Waals surface area (Å²) < 4.78 is 10.9. The van der Waals surface area contributed by atoms with E-state index in [0.717, 1.165) is 18.7 Å². The van der Waals surface area contributed by atoms with Crippen LogP contribution in [0.4, 0.5) is 0 Å². The fourth-order valence-corrected chi connectivity index (χ4v) is 3.64. The summed E-state index contributed by atoms with van der Waals surface area (Å²) >= 11 is 0. The molecule has 4 atom stereocenters. The van der Waals surface area contributed by atoms with Crippen molar-refractivity contribution in [3.05, 3.63) is 0 Å². The van der Waals surface area contributed by atoms with E-state index < -0.39 is 0 Å². The van der Waals surface area contributed by atoms with E-state index in [2.05, 4.69) is 15.8 Å². The molecule has 0 spiro atoms. The zero-order valence-electron chi connectivity index (χ0n) is 12.8. The quantitative estimate of drug-likeness (QED) is 0.733. The van der Waals surface area contributed by atoms with Crippen LogP contribution in [0.3, 0.4) is 0 Å². The number of ether oxygens (including phenoxy) is 2. The van der Waals surface area contributed by atoms with Crippen LogP contribution in [0.15, 0.2) is 5.10 Å². The van der Waals surface area contributed by atoms with Crippen LogP contribution >= 0.6 is 0 Å². The predicted octanol–water partition coefficient (Wildman–Crippen LogP) is 0.199. The first-order chi connectivity index (χ1) is 10.7. The number of rotatable bonds is 6.